The van der Waals surface area contributed by atoms with Gasteiger partial charge in [0.25, 0.3) is 0 Å². The van der Waals surface area contributed by atoms with E-state index in [9.17, 15) is 19.0 Å². The van der Waals surface area contributed by atoms with Gasteiger partial charge in [-0.15, -0.1) is 0 Å². The predicted molar refractivity (Wildman–Crippen MR) is 154 cm³/mol. The van der Waals surface area contributed by atoms with E-state index in [0.29, 0.717) is 34.2 Å². The fourth-order valence-electron chi connectivity index (χ4n) is 4.26. The molecule has 2 N–H and O–H groups in total. The minimum atomic E-state index is -0.968. The van der Waals surface area contributed by atoms with E-state index in [1.807, 2.05) is 12.1 Å². The van der Waals surface area contributed by atoms with E-state index >= 15 is 0 Å². The summed E-state index contributed by atoms with van der Waals surface area (Å²) in [7, 11) is 2.72. The van der Waals surface area contributed by atoms with Gasteiger partial charge in [-0.2, -0.15) is 0 Å². The second-order valence-corrected chi connectivity index (χ2v) is 9.53. The third-order valence-corrected chi connectivity index (χ3v) is 6.69. The number of ether oxygens (including phenoxy) is 4. The molecule has 222 valence electrons. The van der Waals surface area contributed by atoms with Gasteiger partial charge in [0.1, 0.15) is 48.9 Å². The number of halogens is 2. The standard InChI is InChI=1S/C33H29F2NO7/c1-39-31-15-22(7-13-26(31)34)29(37)18-41-24-9-3-20(4-10-24)28-17-43-33(36-28)21-5-11-25(12-6-21)42-19-30(38)23-8-14-27(35)32(16-23)40-2/h3-17,29-30,37-38H,18-19H2,1-2H3. The van der Waals surface area contributed by atoms with Crippen molar-refractivity contribution in [2.24, 2.45) is 0 Å². The van der Waals surface area contributed by atoms with Crippen LogP contribution in [0.25, 0.3) is 22.7 Å². The lowest BCUT2D eigenvalue weighted by atomic mass is 10.1. The fraction of sp³-hybridized carbons (Fsp3) is 0.182. The Labute approximate surface area is 246 Å². The van der Waals surface area contributed by atoms with E-state index in [4.69, 9.17) is 23.4 Å². The maximum absolute atomic E-state index is 13.6. The maximum Gasteiger partial charge on any atom is 0.226 e. The molecule has 0 saturated carbocycles. The van der Waals surface area contributed by atoms with Crippen LogP contribution in [0.4, 0.5) is 8.78 Å². The Bertz CT molecular complexity index is 1530. The fourth-order valence-corrected chi connectivity index (χ4v) is 4.26. The van der Waals surface area contributed by atoms with Gasteiger partial charge < -0.3 is 33.6 Å². The number of aliphatic hydroxyl groups is 2. The van der Waals surface area contributed by atoms with Gasteiger partial charge in [0.2, 0.25) is 5.89 Å². The van der Waals surface area contributed by atoms with Gasteiger partial charge in [-0.25, -0.2) is 13.8 Å². The van der Waals surface area contributed by atoms with Gasteiger partial charge in [-0.05, 0) is 83.9 Å². The summed E-state index contributed by atoms with van der Waals surface area (Å²) in [6.07, 6.45) is -0.383. The van der Waals surface area contributed by atoms with Crippen molar-refractivity contribution in [2.45, 2.75) is 12.2 Å². The van der Waals surface area contributed by atoms with Crippen molar-refractivity contribution in [3.8, 4) is 45.7 Å². The molecule has 43 heavy (non-hydrogen) atoms. The van der Waals surface area contributed by atoms with E-state index in [1.165, 1.54) is 50.6 Å². The van der Waals surface area contributed by atoms with Crippen LogP contribution in [0.3, 0.4) is 0 Å². The van der Waals surface area contributed by atoms with Gasteiger partial charge in [-0.1, -0.05) is 12.1 Å². The molecule has 0 spiro atoms. The molecule has 0 radical (unpaired) electrons. The second-order valence-electron chi connectivity index (χ2n) is 9.53. The molecule has 5 rings (SSSR count). The molecular weight excluding hydrogens is 560 g/mol. The lowest BCUT2D eigenvalue weighted by Gasteiger charge is -2.14. The number of nitrogens with zero attached hydrogens (tertiary/aromatic N) is 1. The van der Waals surface area contributed by atoms with Crippen molar-refractivity contribution in [3.63, 3.8) is 0 Å². The summed E-state index contributed by atoms with van der Waals surface area (Å²) in [5.41, 5.74) is 3.11. The lowest BCUT2D eigenvalue weighted by molar-refractivity contribution is 0.108. The van der Waals surface area contributed by atoms with Gasteiger partial charge >= 0.3 is 0 Å². The number of methoxy groups -OCH3 is 2. The Morgan fingerprint density at radius 1 is 0.674 bits per heavy atom. The molecule has 0 aliphatic rings. The van der Waals surface area contributed by atoms with Crippen LogP contribution in [-0.2, 0) is 0 Å². The Kier molecular flexibility index (Phi) is 9.19. The van der Waals surface area contributed by atoms with Crippen LogP contribution in [-0.4, -0.2) is 42.6 Å². The molecule has 0 amide bonds. The number of aliphatic hydroxyl groups excluding tert-OH is 2. The highest BCUT2D eigenvalue weighted by molar-refractivity contribution is 5.63. The van der Waals surface area contributed by atoms with Crippen molar-refractivity contribution >= 4 is 0 Å². The smallest absolute Gasteiger partial charge is 0.226 e. The van der Waals surface area contributed by atoms with E-state index in [0.717, 1.165) is 11.1 Å². The Balaban J connectivity index is 1.15. The van der Waals surface area contributed by atoms with Gasteiger partial charge in [0.15, 0.2) is 23.1 Å². The SMILES string of the molecule is COc1cc(C(O)COc2ccc(-c3coc(-c4ccc(OCC(O)c5ccc(F)c(OC)c5)cc4)n3)cc2)ccc1F. The second kappa shape index (κ2) is 13.4. The zero-order chi connectivity index (χ0) is 30.3. The highest BCUT2D eigenvalue weighted by Gasteiger charge is 2.15. The van der Waals surface area contributed by atoms with Crippen molar-refractivity contribution < 1.29 is 42.4 Å². The number of aromatic nitrogens is 1. The summed E-state index contributed by atoms with van der Waals surface area (Å²) in [6.45, 7) is -0.0567. The molecule has 0 bridgehead atoms. The molecule has 8 nitrogen and oxygen atoms in total. The van der Waals surface area contributed by atoms with E-state index in [2.05, 4.69) is 4.98 Å². The number of oxazole rings is 1. The molecule has 2 unspecified atom stereocenters. The van der Waals surface area contributed by atoms with Crippen LogP contribution in [0.5, 0.6) is 23.0 Å². The normalized spacial score (nSPS) is 12.4. The molecule has 5 aromatic rings. The molecule has 1 aromatic heterocycles. The van der Waals surface area contributed by atoms with Crippen LogP contribution in [0.1, 0.15) is 23.3 Å². The van der Waals surface area contributed by atoms with E-state index in [-0.39, 0.29) is 24.7 Å². The summed E-state index contributed by atoms with van der Waals surface area (Å²) >= 11 is 0. The van der Waals surface area contributed by atoms with Crippen LogP contribution in [0.2, 0.25) is 0 Å². The molecule has 2 atom stereocenters. The Morgan fingerprint density at radius 2 is 1.14 bits per heavy atom. The first-order valence-corrected chi connectivity index (χ1v) is 13.3. The van der Waals surface area contributed by atoms with Crippen molar-refractivity contribution in [2.75, 3.05) is 27.4 Å². The molecule has 4 aromatic carbocycles. The first-order valence-electron chi connectivity index (χ1n) is 13.3. The van der Waals surface area contributed by atoms with Crippen molar-refractivity contribution in [3.05, 3.63) is 114 Å². The van der Waals surface area contributed by atoms with Crippen molar-refractivity contribution in [1.82, 2.24) is 4.98 Å². The summed E-state index contributed by atoms with van der Waals surface area (Å²) in [5.74, 6) is 0.580. The lowest BCUT2D eigenvalue weighted by Crippen LogP contribution is -2.10. The third kappa shape index (κ3) is 7.11. The van der Waals surface area contributed by atoms with Gasteiger partial charge in [0.05, 0.1) is 14.2 Å². The van der Waals surface area contributed by atoms with E-state index in [1.54, 1.807) is 42.7 Å². The molecule has 0 aliphatic carbocycles. The first kappa shape index (κ1) is 29.6. The summed E-state index contributed by atoms with van der Waals surface area (Å²) < 4.78 is 54.3. The minimum absolute atomic E-state index is 0.0259. The molecule has 0 fully saturated rings. The van der Waals surface area contributed by atoms with Crippen molar-refractivity contribution in [1.29, 1.82) is 0 Å². The summed E-state index contributed by atoms with van der Waals surface area (Å²) in [5, 5.41) is 20.8. The van der Waals surface area contributed by atoms with Crippen LogP contribution in [0, 0.1) is 11.6 Å². The summed E-state index contributed by atoms with van der Waals surface area (Å²) in [4.78, 5) is 4.57. The topological polar surface area (TPSA) is 103 Å². The molecular formula is C33H29F2NO7. The number of rotatable bonds is 12. The van der Waals surface area contributed by atoms with E-state index < -0.39 is 23.8 Å². The third-order valence-electron chi connectivity index (χ3n) is 6.69. The minimum Gasteiger partial charge on any atom is -0.494 e. The number of hydrogen-bond donors (Lipinski definition) is 2. The average Bonchev–Trinajstić information content (AvgIpc) is 3.54. The molecule has 0 saturated heterocycles. The first-order chi connectivity index (χ1) is 20.8. The van der Waals surface area contributed by atoms with Crippen LogP contribution >= 0.6 is 0 Å². The van der Waals surface area contributed by atoms with Gasteiger partial charge in [-0.3, -0.25) is 0 Å². The largest absolute Gasteiger partial charge is 0.494 e. The number of hydrogen-bond acceptors (Lipinski definition) is 8. The highest BCUT2D eigenvalue weighted by atomic mass is 19.1. The molecule has 0 aliphatic heterocycles. The zero-order valence-electron chi connectivity index (χ0n) is 23.4. The average molecular weight is 590 g/mol. The maximum atomic E-state index is 13.6. The van der Waals surface area contributed by atoms with Crippen LogP contribution in [0.15, 0.2) is 95.6 Å². The number of benzene rings is 4. The molecule has 10 heteroatoms. The molecule has 1 heterocycles. The quantitative estimate of drug-likeness (QED) is 0.169. The highest BCUT2D eigenvalue weighted by Crippen LogP contribution is 2.29. The monoisotopic (exact) mass is 589 g/mol. The predicted octanol–water partition coefficient (Wildman–Crippen LogP) is 6.53. The Morgan fingerprint density at radius 3 is 1.60 bits per heavy atom. The Hall–Kier alpha value is -4.93. The van der Waals surface area contributed by atoms with Gasteiger partial charge in [0, 0.05) is 11.1 Å². The van der Waals surface area contributed by atoms with Crippen LogP contribution < -0.4 is 18.9 Å². The summed E-state index contributed by atoms with van der Waals surface area (Å²) in [6, 6.07) is 22.5. The zero-order valence-corrected chi connectivity index (χ0v) is 23.4.